The number of rotatable bonds is 3. The van der Waals surface area contributed by atoms with E-state index < -0.39 is 17.5 Å². The van der Waals surface area contributed by atoms with Gasteiger partial charge in [-0.05, 0) is 18.6 Å². The Labute approximate surface area is 136 Å². The molecule has 8 heteroatoms. The molecular weight excluding hydrogens is 320 g/mol. The van der Waals surface area contributed by atoms with Crippen LogP contribution in [0.5, 0.6) is 0 Å². The third-order valence-electron chi connectivity index (χ3n) is 3.91. The fraction of sp³-hybridized carbons (Fsp3) is 0.312. The van der Waals surface area contributed by atoms with E-state index in [1.54, 1.807) is 7.05 Å². The molecule has 1 unspecified atom stereocenters. The van der Waals surface area contributed by atoms with E-state index in [9.17, 15) is 18.4 Å². The molecule has 0 saturated carbocycles. The summed E-state index contributed by atoms with van der Waals surface area (Å²) in [4.78, 5) is 25.1. The second-order valence-electron chi connectivity index (χ2n) is 5.66. The average Bonchev–Trinajstić information content (AvgIpc) is 3.00. The number of nitrogens with zero attached hydrogens (tertiary/aromatic N) is 2. The molecular formula is C16H15F2N3O3. The Morgan fingerprint density at radius 2 is 2.08 bits per heavy atom. The lowest BCUT2D eigenvalue weighted by Gasteiger charge is -2.29. The number of benzene rings is 1. The fourth-order valence-electron chi connectivity index (χ4n) is 2.63. The number of aromatic nitrogens is 1. The number of carbonyl (C=O) groups is 2. The van der Waals surface area contributed by atoms with Crippen LogP contribution in [0.3, 0.4) is 0 Å². The van der Waals surface area contributed by atoms with Crippen LogP contribution in [0.25, 0.3) is 11.3 Å². The maximum absolute atomic E-state index is 13.7. The number of amides is 2. The second-order valence-corrected chi connectivity index (χ2v) is 5.66. The molecule has 126 valence electrons. The molecule has 1 atom stereocenters. The van der Waals surface area contributed by atoms with E-state index >= 15 is 0 Å². The summed E-state index contributed by atoms with van der Waals surface area (Å²) < 4.78 is 32.4. The summed E-state index contributed by atoms with van der Waals surface area (Å²) in [5.41, 5.74) is -0.435. The number of likely N-dealkylation sites (tertiary alicyclic amines) is 1. The first kappa shape index (κ1) is 16.1. The van der Waals surface area contributed by atoms with Crippen LogP contribution in [0.15, 0.2) is 28.8 Å². The van der Waals surface area contributed by atoms with E-state index in [1.807, 2.05) is 0 Å². The van der Waals surface area contributed by atoms with Gasteiger partial charge in [-0.15, -0.1) is 0 Å². The predicted molar refractivity (Wildman–Crippen MR) is 80.0 cm³/mol. The van der Waals surface area contributed by atoms with Gasteiger partial charge in [0.1, 0.15) is 17.3 Å². The first-order valence-corrected chi connectivity index (χ1v) is 7.41. The van der Waals surface area contributed by atoms with Gasteiger partial charge in [-0.25, -0.2) is 8.78 Å². The number of hydrogen-bond acceptors (Lipinski definition) is 4. The molecule has 24 heavy (non-hydrogen) atoms. The van der Waals surface area contributed by atoms with E-state index in [0.29, 0.717) is 19.4 Å². The molecule has 6 nitrogen and oxygen atoms in total. The summed E-state index contributed by atoms with van der Waals surface area (Å²) in [6, 6.07) is 4.42. The lowest BCUT2D eigenvalue weighted by atomic mass is 10.1. The highest BCUT2D eigenvalue weighted by molar-refractivity contribution is 5.92. The first-order chi connectivity index (χ1) is 11.5. The molecule has 0 spiro atoms. The SMILES string of the molecule is CN1CC(NC(=O)c2cc(-c3c(F)cccc3F)no2)CCC1=O. The fourth-order valence-corrected chi connectivity index (χ4v) is 2.63. The number of piperidine rings is 1. The number of nitrogens with one attached hydrogen (secondary N) is 1. The molecule has 1 aromatic carbocycles. The molecule has 1 aliphatic rings. The van der Waals surface area contributed by atoms with E-state index in [4.69, 9.17) is 4.52 Å². The Morgan fingerprint density at radius 1 is 1.38 bits per heavy atom. The summed E-state index contributed by atoms with van der Waals surface area (Å²) in [5, 5.41) is 6.29. The summed E-state index contributed by atoms with van der Waals surface area (Å²) >= 11 is 0. The Bertz CT molecular complexity index is 770. The van der Waals surface area contributed by atoms with Crippen molar-refractivity contribution in [1.29, 1.82) is 0 Å². The van der Waals surface area contributed by atoms with Gasteiger partial charge < -0.3 is 14.7 Å². The van der Waals surface area contributed by atoms with Gasteiger partial charge in [0.2, 0.25) is 11.7 Å². The molecule has 1 aromatic heterocycles. The van der Waals surface area contributed by atoms with Gasteiger partial charge in [-0.1, -0.05) is 11.2 Å². The minimum atomic E-state index is -0.789. The van der Waals surface area contributed by atoms with E-state index in [-0.39, 0.29) is 29.0 Å². The molecule has 2 heterocycles. The van der Waals surface area contributed by atoms with Crippen LogP contribution in [0.2, 0.25) is 0 Å². The van der Waals surface area contributed by atoms with Crippen LogP contribution >= 0.6 is 0 Å². The summed E-state index contributed by atoms with van der Waals surface area (Å²) in [6.45, 7) is 0.396. The highest BCUT2D eigenvalue weighted by Crippen LogP contribution is 2.25. The number of likely N-dealkylation sites (N-methyl/N-ethyl adjacent to an activating group) is 1. The molecule has 1 aliphatic heterocycles. The lowest BCUT2D eigenvalue weighted by Crippen LogP contribution is -2.48. The Kier molecular flexibility index (Phi) is 4.28. The summed E-state index contributed by atoms with van der Waals surface area (Å²) in [6.07, 6.45) is 0.876. The van der Waals surface area contributed by atoms with Crippen molar-refractivity contribution < 1.29 is 22.9 Å². The van der Waals surface area contributed by atoms with Crippen LogP contribution in [0, 0.1) is 11.6 Å². The van der Waals surface area contributed by atoms with Crippen molar-refractivity contribution in [3.63, 3.8) is 0 Å². The number of halogens is 2. The molecule has 1 fully saturated rings. The monoisotopic (exact) mass is 335 g/mol. The maximum atomic E-state index is 13.7. The van der Waals surface area contributed by atoms with Gasteiger partial charge in [0.25, 0.3) is 5.91 Å². The van der Waals surface area contributed by atoms with Crippen molar-refractivity contribution in [3.8, 4) is 11.3 Å². The molecule has 1 N–H and O–H groups in total. The van der Waals surface area contributed by atoms with Gasteiger partial charge in [0.15, 0.2) is 0 Å². The van der Waals surface area contributed by atoms with Gasteiger partial charge >= 0.3 is 0 Å². The minimum Gasteiger partial charge on any atom is -0.350 e. The third kappa shape index (κ3) is 3.12. The molecule has 3 rings (SSSR count). The van der Waals surface area contributed by atoms with Crippen molar-refractivity contribution in [2.75, 3.05) is 13.6 Å². The zero-order chi connectivity index (χ0) is 17.3. The first-order valence-electron chi connectivity index (χ1n) is 7.41. The highest BCUT2D eigenvalue weighted by atomic mass is 19.1. The number of hydrogen-bond donors (Lipinski definition) is 1. The Hall–Kier alpha value is -2.77. The Balaban J connectivity index is 1.74. The van der Waals surface area contributed by atoms with Crippen LogP contribution in [-0.2, 0) is 4.79 Å². The molecule has 0 bridgehead atoms. The van der Waals surface area contributed by atoms with E-state index in [2.05, 4.69) is 10.5 Å². The van der Waals surface area contributed by atoms with Gasteiger partial charge in [-0.3, -0.25) is 9.59 Å². The highest BCUT2D eigenvalue weighted by Gasteiger charge is 2.26. The normalized spacial score (nSPS) is 17.9. The van der Waals surface area contributed by atoms with Crippen molar-refractivity contribution >= 4 is 11.8 Å². The topological polar surface area (TPSA) is 75.4 Å². The average molecular weight is 335 g/mol. The largest absolute Gasteiger partial charge is 0.350 e. The van der Waals surface area contributed by atoms with Gasteiger partial charge in [-0.2, -0.15) is 0 Å². The van der Waals surface area contributed by atoms with Gasteiger partial charge in [0, 0.05) is 32.1 Å². The van der Waals surface area contributed by atoms with Crippen molar-refractivity contribution in [3.05, 3.63) is 41.7 Å². The smallest absolute Gasteiger partial charge is 0.290 e. The molecule has 1 saturated heterocycles. The molecule has 2 amide bonds. The van der Waals surface area contributed by atoms with E-state index in [1.165, 1.54) is 17.0 Å². The lowest BCUT2D eigenvalue weighted by molar-refractivity contribution is -0.132. The van der Waals surface area contributed by atoms with Crippen molar-refractivity contribution in [1.82, 2.24) is 15.4 Å². The Morgan fingerprint density at radius 3 is 2.75 bits per heavy atom. The third-order valence-corrected chi connectivity index (χ3v) is 3.91. The van der Waals surface area contributed by atoms with Crippen LogP contribution in [-0.4, -0.2) is 41.5 Å². The minimum absolute atomic E-state index is 0.0254. The summed E-state index contributed by atoms with van der Waals surface area (Å²) in [5.74, 6) is -2.24. The predicted octanol–water partition coefficient (Wildman–Crippen LogP) is 1.97. The second kappa shape index (κ2) is 6.38. The van der Waals surface area contributed by atoms with Crippen LogP contribution in [0.4, 0.5) is 8.78 Å². The van der Waals surface area contributed by atoms with Crippen LogP contribution in [0.1, 0.15) is 23.4 Å². The number of carbonyl (C=O) groups excluding carboxylic acids is 2. The van der Waals surface area contributed by atoms with Gasteiger partial charge in [0.05, 0.1) is 5.56 Å². The maximum Gasteiger partial charge on any atom is 0.290 e. The quantitative estimate of drug-likeness (QED) is 0.930. The molecule has 0 radical (unpaired) electrons. The van der Waals surface area contributed by atoms with Crippen molar-refractivity contribution in [2.45, 2.75) is 18.9 Å². The summed E-state index contributed by atoms with van der Waals surface area (Å²) in [7, 11) is 1.66. The van der Waals surface area contributed by atoms with Crippen molar-refractivity contribution in [2.24, 2.45) is 0 Å². The standard InChI is InChI=1S/C16H15F2N3O3/c1-21-8-9(5-6-14(21)22)19-16(23)13-7-12(20-24-13)15-10(17)3-2-4-11(15)18/h2-4,7,9H,5-6,8H2,1H3,(H,19,23). The molecule has 0 aliphatic carbocycles. The van der Waals surface area contributed by atoms with E-state index in [0.717, 1.165) is 12.1 Å². The van der Waals surface area contributed by atoms with Crippen LogP contribution < -0.4 is 5.32 Å². The molecule has 2 aromatic rings. The zero-order valence-electron chi connectivity index (χ0n) is 12.9. The zero-order valence-corrected chi connectivity index (χ0v) is 12.9.